The number of esters is 1. The third kappa shape index (κ3) is 3.52. The Morgan fingerprint density at radius 3 is 2.68 bits per heavy atom. The minimum Gasteiger partial charge on any atom is -0.465 e. The van der Waals surface area contributed by atoms with Crippen LogP contribution in [-0.4, -0.2) is 49.4 Å². The maximum absolute atomic E-state index is 12.8. The van der Waals surface area contributed by atoms with E-state index in [0.29, 0.717) is 23.7 Å². The summed E-state index contributed by atoms with van der Waals surface area (Å²) in [5, 5.41) is 0. The first kappa shape index (κ1) is 17.5. The Bertz CT molecular complexity index is 688. The lowest BCUT2D eigenvalue weighted by molar-refractivity contribution is -0.137. The molecule has 2 aliphatic heterocycles. The molecule has 25 heavy (non-hydrogen) atoms. The topological polar surface area (TPSA) is 66.9 Å². The minimum absolute atomic E-state index is 0.0537. The molecule has 0 aromatic heterocycles. The molecule has 0 aliphatic carbocycles. The van der Waals surface area contributed by atoms with Gasteiger partial charge in [-0.25, -0.2) is 4.79 Å². The van der Waals surface area contributed by atoms with Gasteiger partial charge >= 0.3 is 5.97 Å². The molecule has 0 N–H and O–H groups in total. The molecule has 3 rings (SSSR count). The van der Waals surface area contributed by atoms with Crippen molar-refractivity contribution in [2.24, 2.45) is 11.8 Å². The Morgan fingerprint density at radius 2 is 1.96 bits per heavy atom. The number of amides is 2. The summed E-state index contributed by atoms with van der Waals surface area (Å²) < 4.78 is 4.80. The normalized spacial score (nSPS) is 23.7. The molecule has 2 fully saturated rings. The lowest BCUT2D eigenvalue weighted by Crippen LogP contribution is -2.43. The number of hydrogen-bond donors (Lipinski definition) is 0. The number of hydrogen-bond acceptors (Lipinski definition) is 4. The van der Waals surface area contributed by atoms with Gasteiger partial charge in [0.25, 0.3) is 0 Å². The average molecular weight is 344 g/mol. The first-order chi connectivity index (χ1) is 12.0. The van der Waals surface area contributed by atoms with Crippen molar-refractivity contribution in [2.45, 2.75) is 26.2 Å². The second-order valence-electron chi connectivity index (χ2n) is 6.95. The van der Waals surface area contributed by atoms with Gasteiger partial charge in [0, 0.05) is 26.1 Å². The number of piperidine rings is 1. The van der Waals surface area contributed by atoms with E-state index >= 15 is 0 Å². The zero-order valence-corrected chi connectivity index (χ0v) is 14.7. The summed E-state index contributed by atoms with van der Waals surface area (Å²) in [6.07, 6.45) is 2.35. The van der Waals surface area contributed by atoms with E-state index < -0.39 is 5.97 Å². The molecular weight excluding hydrogens is 320 g/mol. The summed E-state index contributed by atoms with van der Waals surface area (Å²) in [4.78, 5) is 40.7. The van der Waals surface area contributed by atoms with Gasteiger partial charge in [0.15, 0.2) is 0 Å². The van der Waals surface area contributed by atoms with E-state index in [0.717, 1.165) is 25.9 Å². The highest BCUT2D eigenvalue weighted by Crippen LogP contribution is 2.30. The van der Waals surface area contributed by atoms with Gasteiger partial charge in [0.1, 0.15) is 0 Å². The maximum atomic E-state index is 12.8. The van der Waals surface area contributed by atoms with Crippen LogP contribution in [-0.2, 0) is 14.3 Å². The van der Waals surface area contributed by atoms with Gasteiger partial charge in [0.05, 0.1) is 24.3 Å². The van der Waals surface area contributed by atoms with E-state index in [9.17, 15) is 14.4 Å². The fourth-order valence-corrected chi connectivity index (χ4v) is 3.75. The van der Waals surface area contributed by atoms with Crippen molar-refractivity contribution in [3.8, 4) is 0 Å². The fourth-order valence-electron chi connectivity index (χ4n) is 3.75. The molecule has 2 atom stereocenters. The van der Waals surface area contributed by atoms with E-state index in [1.54, 1.807) is 29.2 Å². The van der Waals surface area contributed by atoms with Gasteiger partial charge in [-0.15, -0.1) is 0 Å². The van der Waals surface area contributed by atoms with Crippen molar-refractivity contribution in [3.63, 3.8) is 0 Å². The van der Waals surface area contributed by atoms with Gasteiger partial charge in [-0.3, -0.25) is 9.59 Å². The zero-order chi connectivity index (χ0) is 18.0. The molecule has 0 bridgehead atoms. The van der Waals surface area contributed by atoms with Crippen LogP contribution in [0.25, 0.3) is 0 Å². The molecule has 2 unspecified atom stereocenters. The van der Waals surface area contributed by atoms with E-state index in [2.05, 4.69) is 6.92 Å². The van der Waals surface area contributed by atoms with E-state index in [-0.39, 0.29) is 24.2 Å². The van der Waals surface area contributed by atoms with Crippen LogP contribution in [0.5, 0.6) is 0 Å². The predicted molar refractivity (Wildman–Crippen MR) is 93.2 cm³/mol. The summed E-state index contributed by atoms with van der Waals surface area (Å²) in [6, 6.07) is 6.86. The number of nitrogens with zero attached hydrogens (tertiary/aromatic N) is 2. The van der Waals surface area contributed by atoms with Crippen molar-refractivity contribution < 1.29 is 19.1 Å². The van der Waals surface area contributed by atoms with Crippen LogP contribution in [0.15, 0.2) is 24.3 Å². The lowest BCUT2D eigenvalue weighted by Gasteiger charge is -2.32. The Kier molecular flexibility index (Phi) is 5.06. The number of benzene rings is 1. The Balaban J connectivity index is 1.77. The van der Waals surface area contributed by atoms with E-state index in [4.69, 9.17) is 4.74 Å². The molecule has 0 spiro atoms. The third-order valence-corrected chi connectivity index (χ3v) is 5.04. The quantitative estimate of drug-likeness (QED) is 0.788. The summed E-state index contributed by atoms with van der Waals surface area (Å²) in [7, 11) is 1.31. The molecule has 2 amide bonds. The molecule has 0 radical (unpaired) electrons. The summed E-state index contributed by atoms with van der Waals surface area (Å²) in [6.45, 7) is 4.00. The van der Waals surface area contributed by atoms with Gasteiger partial charge in [-0.1, -0.05) is 19.1 Å². The number of ether oxygens (including phenoxy) is 1. The van der Waals surface area contributed by atoms with Crippen LogP contribution in [0, 0.1) is 11.8 Å². The lowest BCUT2D eigenvalue weighted by atomic mass is 9.98. The van der Waals surface area contributed by atoms with Gasteiger partial charge in [0.2, 0.25) is 11.8 Å². The number of carbonyl (C=O) groups is 3. The summed E-state index contributed by atoms with van der Waals surface area (Å²) in [5.74, 6) is -0.393. The summed E-state index contributed by atoms with van der Waals surface area (Å²) >= 11 is 0. The fraction of sp³-hybridized carbons (Fsp3) is 0.526. The molecule has 0 saturated carbocycles. The Hall–Kier alpha value is -2.37. The molecule has 6 heteroatoms. The Morgan fingerprint density at radius 1 is 1.20 bits per heavy atom. The summed E-state index contributed by atoms with van der Waals surface area (Å²) in [5.41, 5.74) is 0.861. The molecule has 6 nitrogen and oxygen atoms in total. The highest BCUT2D eigenvalue weighted by atomic mass is 16.5. The molecule has 1 aromatic rings. The molecule has 1 aromatic carbocycles. The first-order valence-electron chi connectivity index (χ1n) is 8.77. The third-order valence-electron chi connectivity index (χ3n) is 5.04. The number of anilines is 1. The molecular formula is C19H24N2O4. The maximum Gasteiger partial charge on any atom is 0.339 e. The number of methoxy groups -OCH3 is 1. The van der Waals surface area contributed by atoms with Crippen LogP contribution in [0.3, 0.4) is 0 Å². The second-order valence-corrected chi connectivity index (χ2v) is 6.95. The number of rotatable bonds is 3. The largest absolute Gasteiger partial charge is 0.465 e. The van der Waals surface area contributed by atoms with Gasteiger partial charge < -0.3 is 14.5 Å². The van der Waals surface area contributed by atoms with E-state index in [1.807, 2.05) is 4.90 Å². The minimum atomic E-state index is -0.483. The first-order valence-corrected chi connectivity index (χ1v) is 8.77. The van der Waals surface area contributed by atoms with Gasteiger partial charge in [-0.2, -0.15) is 0 Å². The van der Waals surface area contributed by atoms with Crippen LogP contribution in [0.1, 0.15) is 36.5 Å². The van der Waals surface area contributed by atoms with Crippen LogP contribution in [0.4, 0.5) is 5.69 Å². The van der Waals surface area contributed by atoms with Crippen LogP contribution in [0.2, 0.25) is 0 Å². The van der Waals surface area contributed by atoms with Crippen molar-refractivity contribution in [1.29, 1.82) is 0 Å². The molecule has 2 saturated heterocycles. The van der Waals surface area contributed by atoms with Crippen molar-refractivity contribution in [1.82, 2.24) is 4.90 Å². The smallest absolute Gasteiger partial charge is 0.339 e. The number of carbonyl (C=O) groups excluding carboxylic acids is 3. The highest BCUT2D eigenvalue weighted by molar-refractivity contribution is 6.05. The average Bonchev–Trinajstić information content (AvgIpc) is 3.02. The second kappa shape index (κ2) is 7.25. The number of para-hydroxylation sites is 1. The van der Waals surface area contributed by atoms with Crippen molar-refractivity contribution in [3.05, 3.63) is 29.8 Å². The predicted octanol–water partition coefficient (Wildman–Crippen LogP) is 2.08. The SMILES string of the molecule is COC(=O)c1ccccc1N1CC(C(=O)N2CCCC(C)C2)CC1=O. The number of likely N-dealkylation sites (tertiary alicyclic amines) is 1. The van der Waals surface area contributed by atoms with Crippen molar-refractivity contribution >= 4 is 23.5 Å². The van der Waals surface area contributed by atoms with Gasteiger partial charge in [-0.05, 0) is 30.9 Å². The molecule has 2 aliphatic rings. The van der Waals surface area contributed by atoms with Crippen LogP contribution < -0.4 is 4.90 Å². The standard InChI is InChI=1S/C19H24N2O4/c1-13-6-5-9-20(11-13)18(23)14-10-17(22)21(12-14)16-8-4-3-7-15(16)19(24)25-2/h3-4,7-8,13-14H,5-6,9-12H2,1-2H3. The highest BCUT2D eigenvalue weighted by Gasteiger charge is 2.39. The van der Waals surface area contributed by atoms with Crippen LogP contribution >= 0.6 is 0 Å². The zero-order valence-electron chi connectivity index (χ0n) is 14.7. The Labute approximate surface area is 147 Å². The molecule has 2 heterocycles. The monoisotopic (exact) mass is 344 g/mol. The van der Waals surface area contributed by atoms with Crippen molar-refractivity contribution in [2.75, 3.05) is 31.6 Å². The molecule has 134 valence electrons. The van der Waals surface area contributed by atoms with E-state index in [1.165, 1.54) is 7.11 Å².